The van der Waals surface area contributed by atoms with Gasteiger partial charge in [0.2, 0.25) is 5.91 Å². The molecule has 2 aromatic rings. The predicted molar refractivity (Wildman–Crippen MR) is 120 cm³/mol. The van der Waals surface area contributed by atoms with Gasteiger partial charge in [-0.3, -0.25) is 19.4 Å². The average Bonchev–Trinajstić information content (AvgIpc) is 3.52. The van der Waals surface area contributed by atoms with Crippen LogP contribution in [0.1, 0.15) is 44.1 Å². The molecule has 5 rings (SSSR count). The highest BCUT2D eigenvalue weighted by Crippen LogP contribution is 2.45. The number of benzene rings is 2. The second-order valence-electron chi connectivity index (χ2n) is 8.89. The highest BCUT2D eigenvalue weighted by Gasteiger charge is 2.52. The van der Waals surface area contributed by atoms with E-state index in [2.05, 4.69) is 16.3 Å². The summed E-state index contributed by atoms with van der Waals surface area (Å²) in [7, 11) is 1.68. The van der Waals surface area contributed by atoms with Crippen molar-refractivity contribution in [3.63, 3.8) is 0 Å². The molecule has 1 heterocycles. The first kappa shape index (κ1) is 20.1. The summed E-state index contributed by atoms with van der Waals surface area (Å²) in [6.07, 6.45) is 5.57. The number of fused-ring (bicyclic) bond motifs is 1. The Morgan fingerprint density at radius 1 is 1.13 bits per heavy atom. The number of nitrogens with zero attached hydrogens (tertiary/aromatic N) is 2. The number of ether oxygens (including phenoxy) is 1. The fraction of sp³-hybridized carbons (Fsp3) is 0.440. The molecule has 2 aliphatic carbocycles. The molecule has 162 valence electrons. The topological polar surface area (TPSA) is 61.9 Å². The Hall–Kier alpha value is -2.86. The van der Waals surface area contributed by atoms with Gasteiger partial charge < -0.3 is 10.1 Å². The van der Waals surface area contributed by atoms with Gasteiger partial charge in [0, 0.05) is 18.2 Å². The van der Waals surface area contributed by atoms with Crippen LogP contribution in [0.4, 0.5) is 11.4 Å². The van der Waals surface area contributed by atoms with E-state index in [9.17, 15) is 9.59 Å². The lowest BCUT2D eigenvalue weighted by Crippen LogP contribution is -2.62. The van der Waals surface area contributed by atoms with Crippen molar-refractivity contribution in [1.29, 1.82) is 0 Å². The van der Waals surface area contributed by atoms with E-state index in [1.807, 2.05) is 47.4 Å². The molecule has 0 atom stereocenters. The molecular weight excluding hydrogens is 390 g/mol. The van der Waals surface area contributed by atoms with E-state index in [0.717, 1.165) is 61.2 Å². The van der Waals surface area contributed by atoms with Crippen LogP contribution in [0.3, 0.4) is 0 Å². The third-order valence-corrected chi connectivity index (χ3v) is 6.89. The maximum atomic E-state index is 13.8. The van der Waals surface area contributed by atoms with Gasteiger partial charge in [0.25, 0.3) is 5.91 Å². The zero-order valence-electron chi connectivity index (χ0n) is 18.0. The number of amides is 2. The van der Waals surface area contributed by atoms with E-state index in [4.69, 9.17) is 4.74 Å². The van der Waals surface area contributed by atoms with E-state index in [1.165, 1.54) is 0 Å². The molecule has 1 N–H and O–H groups in total. The van der Waals surface area contributed by atoms with Gasteiger partial charge >= 0.3 is 0 Å². The van der Waals surface area contributed by atoms with Gasteiger partial charge in [-0.05, 0) is 43.9 Å². The number of carbonyl (C=O) groups is 2. The van der Waals surface area contributed by atoms with Crippen LogP contribution in [-0.4, -0.2) is 41.9 Å². The van der Waals surface area contributed by atoms with E-state index < -0.39 is 5.54 Å². The second kappa shape index (κ2) is 8.00. The lowest BCUT2D eigenvalue weighted by Gasteiger charge is -2.45. The Kier molecular flexibility index (Phi) is 5.18. The minimum atomic E-state index is -0.759. The van der Waals surface area contributed by atoms with E-state index in [-0.39, 0.29) is 11.8 Å². The van der Waals surface area contributed by atoms with Crippen molar-refractivity contribution in [2.24, 2.45) is 0 Å². The van der Waals surface area contributed by atoms with Crippen LogP contribution < -0.4 is 15.0 Å². The molecule has 0 saturated heterocycles. The summed E-state index contributed by atoms with van der Waals surface area (Å²) in [5.41, 5.74) is 1.87. The monoisotopic (exact) mass is 419 g/mol. The van der Waals surface area contributed by atoms with Crippen LogP contribution in [0.5, 0.6) is 5.75 Å². The van der Waals surface area contributed by atoms with Crippen molar-refractivity contribution in [3.8, 4) is 5.75 Å². The molecule has 2 fully saturated rings. The Morgan fingerprint density at radius 2 is 1.84 bits per heavy atom. The van der Waals surface area contributed by atoms with Crippen LogP contribution >= 0.6 is 0 Å². The first-order chi connectivity index (χ1) is 15.1. The molecular formula is C25H29N3O3. The minimum absolute atomic E-state index is 0.00555. The first-order valence-electron chi connectivity index (χ1n) is 11.2. The third kappa shape index (κ3) is 3.59. The Morgan fingerprint density at radius 3 is 2.58 bits per heavy atom. The molecule has 0 aromatic heterocycles. The molecule has 1 aliphatic heterocycles. The number of hydrogen-bond donors (Lipinski definition) is 1. The summed E-state index contributed by atoms with van der Waals surface area (Å²) in [4.78, 5) is 31.1. The molecule has 2 saturated carbocycles. The summed E-state index contributed by atoms with van der Waals surface area (Å²) in [6, 6.07) is 16.0. The number of hydrogen-bond acceptors (Lipinski definition) is 4. The molecule has 2 aromatic carbocycles. The maximum Gasteiger partial charge on any atom is 0.250 e. The summed E-state index contributed by atoms with van der Waals surface area (Å²) >= 11 is 0. The normalized spacial score (nSPS) is 19.4. The van der Waals surface area contributed by atoms with Crippen LogP contribution in [0, 0.1) is 0 Å². The zero-order valence-corrected chi connectivity index (χ0v) is 18.0. The van der Waals surface area contributed by atoms with Crippen molar-refractivity contribution in [2.75, 3.05) is 23.9 Å². The van der Waals surface area contributed by atoms with Crippen molar-refractivity contribution in [1.82, 2.24) is 4.90 Å². The van der Waals surface area contributed by atoms with Gasteiger partial charge in [-0.2, -0.15) is 0 Å². The number of carbonyl (C=O) groups excluding carboxylic acids is 2. The standard InChI is InChI=1S/C25H29N3O3/c1-31-22-11-5-2-8-18(22)16-27(19-12-13-19)17-23(29)28-21-10-4-3-9-20(21)26-24(30)25(28)14-6-7-15-25/h2-5,8-11,19H,6-7,12-17H2,1H3,(H,26,30). The van der Waals surface area contributed by atoms with Crippen LogP contribution in [0.15, 0.2) is 48.5 Å². The average molecular weight is 420 g/mol. The number of rotatable bonds is 6. The number of anilines is 2. The second-order valence-corrected chi connectivity index (χ2v) is 8.89. The molecule has 0 radical (unpaired) electrons. The largest absolute Gasteiger partial charge is 0.496 e. The maximum absolute atomic E-state index is 13.8. The van der Waals surface area contributed by atoms with Gasteiger partial charge in [0.15, 0.2) is 0 Å². The van der Waals surface area contributed by atoms with Gasteiger partial charge in [-0.25, -0.2) is 0 Å². The predicted octanol–water partition coefficient (Wildman–Crippen LogP) is 3.96. The Labute approximate surface area is 183 Å². The van der Waals surface area contributed by atoms with Gasteiger partial charge in [-0.1, -0.05) is 43.2 Å². The summed E-state index contributed by atoms with van der Waals surface area (Å²) in [6.45, 7) is 0.960. The van der Waals surface area contributed by atoms with Crippen LogP contribution in [0.2, 0.25) is 0 Å². The lowest BCUT2D eigenvalue weighted by atomic mass is 9.89. The lowest BCUT2D eigenvalue weighted by molar-refractivity contribution is -0.128. The van der Waals surface area contributed by atoms with Gasteiger partial charge in [0.05, 0.1) is 25.0 Å². The van der Waals surface area contributed by atoms with Crippen molar-refractivity contribution >= 4 is 23.2 Å². The number of nitrogens with one attached hydrogen (secondary N) is 1. The number of para-hydroxylation sites is 3. The zero-order chi connectivity index (χ0) is 21.4. The highest BCUT2D eigenvalue weighted by molar-refractivity contribution is 6.15. The molecule has 2 amide bonds. The van der Waals surface area contributed by atoms with E-state index >= 15 is 0 Å². The molecule has 6 heteroatoms. The first-order valence-corrected chi connectivity index (χ1v) is 11.2. The van der Waals surface area contributed by atoms with Gasteiger partial charge in [0.1, 0.15) is 11.3 Å². The molecule has 31 heavy (non-hydrogen) atoms. The van der Waals surface area contributed by atoms with Crippen molar-refractivity contribution in [3.05, 3.63) is 54.1 Å². The summed E-state index contributed by atoms with van der Waals surface area (Å²) < 4.78 is 5.53. The molecule has 1 spiro atoms. The van der Waals surface area contributed by atoms with E-state index in [0.29, 0.717) is 19.1 Å². The van der Waals surface area contributed by atoms with Crippen LogP contribution in [0.25, 0.3) is 0 Å². The molecule has 0 bridgehead atoms. The van der Waals surface area contributed by atoms with Crippen LogP contribution in [-0.2, 0) is 16.1 Å². The Bertz CT molecular complexity index is 995. The van der Waals surface area contributed by atoms with Crippen molar-refractivity contribution < 1.29 is 14.3 Å². The summed E-state index contributed by atoms with van der Waals surface area (Å²) in [5.74, 6) is 0.807. The van der Waals surface area contributed by atoms with E-state index in [1.54, 1.807) is 7.11 Å². The fourth-order valence-electron chi connectivity index (χ4n) is 5.18. The minimum Gasteiger partial charge on any atom is -0.496 e. The number of methoxy groups -OCH3 is 1. The smallest absolute Gasteiger partial charge is 0.250 e. The fourth-order valence-corrected chi connectivity index (χ4v) is 5.18. The molecule has 6 nitrogen and oxygen atoms in total. The Balaban J connectivity index is 1.45. The van der Waals surface area contributed by atoms with Crippen molar-refractivity contribution in [2.45, 2.75) is 56.7 Å². The highest BCUT2D eigenvalue weighted by atomic mass is 16.5. The molecule has 0 unspecified atom stereocenters. The summed E-state index contributed by atoms with van der Waals surface area (Å²) in [5, 5.41) is 3.06. The third-order valence-electron chi connectivity index (χ3n) is 6.89. The van der Waals surface area contributed by atoms with Gasteiger partial charge in [-0.15, -0.1) is 0 Å². The quantitative estimate of drug-likeness (QED) is 0.770. The molecule has 3 aliphatic rings. The SMILES string of the molecule is COc1ccccc1CN(CC(=O)N1c2ccccc2NC(=O)C12CCCC2)C1CC1.